The van der Waals surface area contributed by atoms with Crippen molar-refractivity contribution in [2.24, 2.45) is 11.7 Å². The van der Waals surface area contributed by atoms with Gasteiger partial charge in [0.25, 0.3) is 0 Å². The molecule has 6 rings (SSSR count). The molecule has 0 radical (unpaired) electrons. The number of rotatable bonds is 4. The number of benzene rings is 1. The summed E-state index contributed by atoms with van der Waals surface area (Å²) in [6, 6.07) is 9.25. The minimum atomic E-state index is -1.73. The molecule has 3 saturated heterocycles. The van der Waals surface area contributed by atoms with Gasteiger partial charge in [0.15, 0.2) is 0 Å². The summed E-state index contributed by atoms with van der Waals surface area (Å²) in [5, 5.41) is 11.9. The zero-order valence-electron chi connectivity index (χ0n) is 17.8. The Labute approximate surface area is 195 Å². The zero-order valence-corrected chi connectivity index (χ0v) is 19.5. The van der Waals surface area contributed by atoms with Gasteiger partial charge in [0.1, 0.15) is 0 Å². The molecular formula is C22H23N3O7Se. The first kappa shape index (κ1) is 21.3. The van der Waals surface area contributed by atoms with E-state index in [-0.39, 0.29) is 49.0 Å². The van der Waals surface area contributed by atoms with Gasteiger partial charge >= 0.3 is 196 Å². The van der Waals surface area contributed by atoms with Crippen LogP contribution in [-0.2, 0) is 23.8 Å². The summed E-state index contributed by atoms with van der Waals surface area (Å²) in [4.78, 5) is 42.3. The molecule has 3 N–H and O–H groups in total. The maximum atomic E-state index is 14.0. The number of fused-ring (bicyclic) bond motifs is 4. The predicted molar refractivity (Wildman–Crippen MR) is 113 cm³/mol. The number of nitrogens with zero attached hydrogens (tertiary/aromatic N) is 2. The van der Waals surface area contributed by atoms with E-state index in [1.54, 1.807) is 4.90 Å². The standard InChI is InChI=1S/C22H23N3O7Se/c1-24-13-9-25-15-14(12(10-30-20(23)28)21(25,29)17(13)24)18(27)22(31-7-8-32-22)19(16(15)26)33-11-5-3-2-4-6-11/h2-6,12-13,17,19,29H,7-10H2,1H3,(H2,23,28)/t12-,13-,17-,19?,21+,24?/m0/s1. The van der Waals surface area contributed by atoms with Crippen LogP contribution < -0.4 is 10.2 Å². The number of carbonyl (C=O) groups is 3. The van der Waals surface area contributed by atoms with Gasteiger partial charge < -0.3 is 0 Å². The summed E-state index contributed by atoms with van der Waals surface area (Å²) in [5.41, 5.74) is 3.96. The molecule has 0 bridgehead atoms. The Hall–Kier alpha value is -2.27. The number of hydrogen-bond acceptors (Lipinski definition) is 9. The quantitative estimate of drug-likeness (QED) is 0.355. The van der Waals surface area contributed by atoms with E-state index in [1.165, 1.54) is 0 Å². The molecule has 10 nitrogen and oxygen atoms in total. The third-order valence-corrected chi connectivity index (χ3v) is 10.1. The summed E-state index contributed by atoms with van der Waals surface area (Å²) in [5.74, 6) is -3.43. The average Bonchev–Trinajstić information content (AvgIpc) is 3.12. The number of hydrogen-bond donors (Lipinski definition) is 2. The normalized spacial score (nSPS) is 37.9. The van der Waals surface area contributed by atoms with Crippen molar-refractivity contribution >= 4 is 37.1 Å². The molecule has 33 heavy (non-hydrogen) atoms. The first-order valence-corrected chi connectivity index (χ1v) is 12.6. The van der Waals surface area contributed by atoms with Gasteiger partial charge in [-0.1, -0.05) is 0 Å². The van der Waals surface area contributed by atoms with Crippen LogP contribution in [0.4, 0.5) is 4.79 Å². The molecule has 1 aromatic carbocycles. The Kier molecular flexibility index (Phi) is 4.59. The third-order valence-electron chi connectivity index (χ3n) is 7.34. The molecule has 1 amide bonds. The number of allylic oxidation sites excluding steroid dienone is 1. The van der Waals surface area contributed by atoms with Crippen LogP contribution in [0.15, 0.2) is 41.6 Å². The van der Waals surface area contributed by atoms with Crippen LogP contribution in [0.5, 0.6) is 0 Å². The number of piperazine rings is 1. The predicted octanol–water partition coefficient (Wildman–Crippen LogP) is -1.63. The number of aliphatic hydroxyl groups is 1. The molecular weight excluding hydrogens is 497 g/mol. The van der Waals surface area contributed by atoms with Crippen LogP contribution in [0.25, 0.3) is 0 Å². The number of primary amides is 1. The molecule has 4 heterocycles. The molecule has 0 aromatic heterocycles. The van der Waals surface area contributed by atoms with E-state index in [0.717, 1.165) is 4.46 Å². The summed E-state index contributed by atoms with van der Waals surface area (Å²) in [6.45, 7) is 0.462. The Morgan fingerprint density at radius 1 is 1.27 bits per heavy atom. The first-order chi connectivity index (χ1) is 15.8. The van der Waals surface area contributed by atoms with Crippen LogP contribution in [0, 0.1) is 5.92 Å². The molecule has 3 fully saturated rings. The van der Waals surface area contributed by atoms with E-state index < -0.39 is 49.1 Å². The number of ether oxygens (including phenoxy) is 3. The van der Waals surface area contributed by atoms with Gasteiger partial charge in [-0.05, 0) is 0 Å². The van der Waals surface area contributed by atoms with Crippen molar-refractivity contribution < 1.29 is 33.7 Å². The molecule has 174 valence electrons. The summed E-state index contributed by atoms with van der Waals surface area (Å²) in [6.07, 6.45) is -1.01. The van der Waals surface area contributed by atoms with Gasteiger partial charge in [-0.25, -0.2) is 0 Å². The SMILES string of the molecule is CN1[C@H]2[C@@H]1CN1C3=C(C(=O)C4(OCCO4)C([Se]c4ccccc4)C3=O)[C@H](COC(N)=O)[C@@]21O. The van der Waals surface area contributed by atoms with Crippen molar-refractivity contribution in [3.63, 3.8) is 0 Å². The Morgan fingerprint density at radius 3 is 2.64 bits per heavy atom. The summed E-state index contributed by atoms with van der Waals surface area (Å²) < 4.78 is 17.8. The molecule has 0 saturated carbocycles. The van der Waals surface area contributed by atoms with Crippen LogP contribution in [0.2, 0.25) is 4.82 Å². The van der Waals surface area contributed by atoms with Crippen LogP contribution in [0.3, 0.4) is 0 Å². The fraction of sp³-hybridized carbons (Fsp3) is 0.500. The van der Waals surface area contributed by atoms with Gasteiger partial charge in [-0.3, -0.25) is 0 Å². The molecule has 5 aliphatic rings. The second kappa shape index (κ2) is 7.11. The zero-order chi connectivity index (χ0) is 23.1. The molecule has 1 aromatic rings. The van der Waals surface area contributed by atoms with E-state index in [2.05, 4.69) is 0 Å². The summed E-state index contributed by atoms with van der Waals surface area (Å²) >= 11 is -0.462. The van der Waals surface area contributed by atoms with Crippen LogP contribution in [-0.4, -0.2) is 105 Å². The number of amides is 1. The fourth-order valence-corrected chi connectivity index (χ4v) is 8.40. The van der Waals surface area contributed by atoms with Crippen LogP contribution in [0.1, 0.15) is 0 Å². The van der Waals surface area contributed by atoms with Gasteiger partial charge in [-0.2, -0.15) is 0 Å². The number of likely N-dealkylation sites (N-methyl/N-ethyl adjacent to an activating group) is 1. The first-order valence-electron chi connectivity index (χ1n) is 10.8. The fourth-order valence-electron chi connectivity index (χ4n) is 5.88. The Balaban J connectivity index is 1.47. The van der Waals surface area contributed by atoms with E-state index in [0.29, 0.717) is 6.54 Å². The van der Waals surface area contributed by atoms with Gasteiger partial charge in [0.2, 0.25) is 0 Å². The third kappa shape index (κ3) is 2.72. The van der Waals surface area contributed by atoms with E-state index in [9.17, 15) is 19.5 Å². The van der Waals surface area contributed by atoms with E-state index >= 15 is 0 Å². The Morgan fingerprint density at radius 2 is 1.97 bits per heavy atom. The van der Waals surface area contributed by atoms with Crippen molar-refractivity contribution in [2.45, 2.75) is 28.4 Å². The second-order valence-corrected chi connectivity index (χ2v) is 11.4. The number of nitrogens with two attached hydrogens (primary N) is 1. The minimum absolute atomic E-state index is 0.0518. The average molecular weight is 520 g/mol. The van der Waals surface area contributed by atoms with Crippen molar-refractivity contribution in [3.8, 4) is 0 Å². The van der Waals surface area contributed by atoms with Crippen LogP contribution >= 0.6 is 0 Å². The van der Waals surface area contributed by atoms with E-state index in [1.807, 2.05) is 42.3 Å². The molecule has 1 aliphatic carbocycles. The molecule has 1 spiro atoms. The van der Waals surface area contributed by atoms with Gasteiger partial charge in [0, 0.05) is 0 Å². The summed E-state index contributed by atoms with van der Waals surface area (Å²) in [7, 11) is 1.88. The Bertz CT molecular complexity index is 1090. The van der Waals surface area contributed by atoms with Crippen molar-refractivity contribution in [1.82, 2.24) is 9.80 Å². The van der Waals surface area contributed by atoms with Crippen molar-refractivity contribution in [3.05, 3.63) is 41.6 Å². The van der Waals surface area contributed by atoms with Gasteiger partial charge in [-0.15, -0.1) is 0 Å². The monoisotopic (exact) mass is 521 g/mol. The molecule has 2 unspecified atom stereocenters. The molecule has 4 aliphatic heterocycles. The number of carbonyl (C=O) groups excluding carboxylic acids is 3. The van der Waals surface area contributed by atoms with Gasteiger partial charge in [0.05, 0.1) is 0 Å². The van der Waals surface area contributed by atoms with E-state index in [4.69, 9.17) is 19.9 Å². The van der Waals surface area contributed by atoms with Crippen molar-refractivity contribution in [2.75, 3.05) is 33.4 Å². The number of Topliss-reactive ketones (excluding diaryl/α,β-unsaturated/α-hetero) is 2. The second-order valence-electron chi connectivity index (χ2n) is 8.88. The topological polar surface area (TPSA) is 131 Å². The number of ketones is 2. The molecule has 6 atom stereocenters. The maximum absolute atomic E-state index is 14.0. The van der Waals surface area contributed by atoms with Crippen molar-refractivity contribution in [1.29, 1.82) is 0 Å². The molecule has 11 heteroatoms.